The molecular weight excluding hydrogens is 318 g/mol. The van der Waals surface area contributed by atoms with Crippen molar-refractivity contribution in [2.75, 3.05) is 7.05 Å². The quantitative estimate of drug-likeness (QED) is 0.881. The zero-order valence-corrected chi connectivity index (χ0v) is 13.9. The number of nitrogens with one attached hydrogen (secondary N) is 2. The highest BCUT2D eigenvalue weighted by Crippen LogP contribution is 2.36. The van der Waals surface area contributed by atoms with Gasteiger partial charge in [-0.3, -0.25) is 15.1 Å². The standard InChI is InChI=1S/C16H16ClN3OS/c1-16(8-14(21)20(2)15(18)19-16)13-7-11(9-22-13)10-4-3-5-12(17)6-10/h3-7,9H,8H2,1-2H3,(H2,18,19)/t16-/m0/s1. The Morgan fingerprint density at radius 2 is 2.14 bits per heavy atom. The summed E-state index contributed by atoms with van der Waals surface area (Å²) in [5.74, 6) is 0.0837. The van der Waals surface area contributed by atoms with E-state index in [1.54, 1.807) is 18.4 Å². The Kier molecular flexibility index (Phi) is 3.70. The highest BCUT2D eigenvalue weighted by molar-refractivity contribution is 7.10. The maximum absolute atomic E-state index is 12.0. The van der Waals surface area contributed by atoms with Gasteiger partial charge in [-0.1, -0.05) is 23.7 Å². The molecule has 2 N–H and O–H groups in total. The molecule has 1 aliphatic heterocycles. The summed E-state index contributed by atoms with van der Waals surface area (Å²) >= 11 is 7.63. The first-order valence-corrected chi connectivity index (χ1v) is 8.13. The van der Waals surface area contributed by atoms with Gasteiger partial charge in [-0.05, 0) is 41.6 Å². The number of carbonyl (C=O) groups excluding carboxylic acids is 1. The van der Waals surface area contributed by atoms with Gasteiger partial charge < -0.3 is 5.32 Å². The van der Waals surface area contributed by atoms with Crippen molar-refractivity contribution in [1.82, 2.24) is 10.2 Å². The Balaban J connectivity index is 1.93. The topological polar surface area (TPSA) is 56.2 Å². The summed E-state index contributed by atoms with van der Waals surface area (Å²) in [6.07, 6.45) is 0.335. The minimum absolute atomic E-state index is 0.0519. The molecule has 1 saturated heterocycles. The number of amides is 1. The van der Waals surface area contributed by atoms with Crippen molar-refractivity contribution >= 4 is 34.8 Å². The van der Waals surface area contributed by atoms with Gasteiger partial charge in [0.15, 0.2) is 5.96 Å². The largest absolute Gasteiger partial charge is 0.345 e. The van der Waals surface area contributed by atoms with E-state index in [0.29, 0.717) is 11.4 Å². The minimum Gasteiger partial charge on any atom is -0.345 e. The maximum Gasteiger partial charge on any atom is 0.231 e. The normalized spacial score (nSPS) is 21.9. The van der Waals surface area contributed by atoms with Crippen LogP contribution in [0.1, 0.15) is 18.2 Å². The number of guanidine groups is 1. The molecule has 1 atom stereocenters. The number of hydrogen-bond donors (Lipinski definition) is 2. The number of carbonyl (C=O) groups is 1. The third-order valence-corrected chi connectivity index (χ3v) is 5.34. The molecule has 0 aliphatic carbocycles. The van der Waals surface area contributed by atoms with Gasteiger partial charge in [0.2, 0.25) is 5.91 Å². The van der Waals surface area contributed by atoms with E-state index < -0.39 is 5.54 Å². The third-order valence-electron chi connectivity index (χ3n) is 3.91. The van der Waals surface area contributed by atoms with E-state index in [1.807, 2.05) is 31.2 Å². The van der Waals surface area contributed by atoms with Crippen LogP contribution in [0.4, 0.5) is 0 Å². The fourth-order valence-corrected chi connectivity index (χ4v) is 3.76. The third kappa shape index (κ3) is 2.62. The Bertz CT molecular complexity index is 737. The van der Waals surface area contributed by atoms with Gasteiger partial charge in [0.05, 0.1) is 12.0 Å². The molecular formula is C16H16ClN3OS. The number of nitrogens with zero attached hydrogens (tertiary/aromatic N) is 1. The lowest BCUT2D eigenvalue weighted by atomic mass is 9.92. The van der Waals surface area contributed by atoms with E-state index in [2.05, 4.69) is 16.8 Å². The van der Waals surface area contributed by atoms with Crippen LogP contribution in [-0.4, -0.2) is 23.8 Å². The Morgan fingerprint density at radius 1 is 1.36 bits per heavy atom. The van der Waals surface area contributed by atoms with Crippen LogP contribution in [0.5, 0.6) is 0 Å². The molecule has 1 aliphatic rings. The molecule has 2 heterocycles. The molecule has 1 aromatic carbocycles. The fraction of sp³-hybridized carbons (Fsp3) is 0.250. The lowest BCUT2D eigenvalue weighted by Gasteiger charge is -2.38. The Labute approximate surface area is 138 Å². The predicted octanol–water partition coefficient (Wildman–Crippen LogP) is 3.67. The first-order chi connectivity index (χ1) is 10.4. The number of rotatable bonds is 2. The second kappa shape index (κ2) is 5.41. The lowest BCUT2D eigenvalue weighted by Crippen LogP contribution is -2.57. The molecule has 22 heavy (non-hydrogen) atoms. The number of thiophene rings is 1. The van der Waals surface area contributed by atoms with Crippen LogP contribution in [0.25, 0.3) is 11.1 Å². The molecule has 4 nitrogen and oxygen atoms in total. The summed E-state index contributed by atoms with van der Waals surface area (Å²) in [6.45, 7) is 1.96. The Hall–Kier alpha value is -1.85. The SMILES string of the molecule is CN1C(=N)N[C@](C)(c2cc(-c3cccc(Cl)c3)cs2)CC1=O. The minimum atomic E-state index is -0.540. The van der Waals surface area contributed by atoms with Gasteiger partial charge in [-0.2, -0.15) is 0 Å². The summed E-state index contributed by atoms with van der Waals surface area (Å²) in [5.41, 5.74) is 1.58. The molecule has 2 aromatic rings. The molecule has 6 heteroatoms. The maximum atomic E-state index is 12.0. The summed E-state index contributed by atoms with van der Waals surface area (Å²) in [6, 6.07) is 9.76. The van der Waals surface area contributed by atoms with Crippen molar-refractivity contribution in [2.24, 2.45) is 0 Å². The van der Waals surface area contributed by atoms with Crippen LogP contribution < -0.4 is 5.32 Å². The lowest BCUT2D eigenvalue weighted by molar-refractivity contribution is -0.129. The van der Waals surface area contributed by atoms with E-state index in [-0.39, 0.29) is 11.9 Å². The molecule has 0 radical (unpaired) electrons. The highest BCUT2D eigenvalue weighted by atomic mass is 35.5. The van der Waals surface area contributed by atoms with Crippen LogP contribution in [0.3, 0.4) is 0 Å². The first-order valence-electron chi connectivity index (χ1n) is 6.87. The van der Waals surface area contributed by atoms with Gasteiger partial charge in [0.1, 0.15) is 0 Å². The molecule has 114 valence electrons. The number of halogens is 1. The van der Waals surface area contributed by atoms with Crippen molar-refractivity contribution in [1.29, 1.82) is 5.41 Å². The van der Waals surface area contributed by atoms with Crippen molar-refractivity contribution in [3.63, 3.8) is 0 Å². The van der Waals surface area contributed by atoms with Gasteiger partial charge in [0.25, 0.3) is 0 Å². The van der Waals surface area contributed by atoms with E-state index in [1.165, 1.54) is 4.90 Å². The number of hydrogen-bond acceptors (Lipinski definition) is 3. The van der Waals surface area contributed by atoms with Gasteiger partial charge in [-0.25, -0.2) is 0 Å². The van der Waals surface area contributed by atoms with E-state index >= 15 is 0 Å². The first kappa shape index (κ1) is 15.1. The smallest absolute Gasteiger partial charge is 0.231 e. The zero-order valence-electron chi connectivity index (χ0n) is 12.3. The predicted molar refractivity (Wildman–Crippen MR) is 90.4 cm³/mol. The molecule has 0 spiro atoms. The fourth-order valence-electron chi connectivity index (χ4n) is 2.53. The molecule has 0 unspecified atom stereocenters. The summed E-state index contributed by atoms with van der Waals surface area (Å²) < 4.78 is 0. The Morgan fingerprint density at radius 3 is 2.82 bits per heavy atom. The second-order valence-electron chi connectivity index (χ2n) is 5.65. The highest BCUT2D eigenvalue weighted by Gasteiger charge is 2.38. The van der Waals surface area contributed by atoms with Gasteiger partial charge in [0, 0.05) is 16.9 Å². The van der Waals surface area contributed by atoms with Gasteiger partial charge in [-0.15, -0.1) is 11.3 Å². The summed E-state index contributed by atoms with van der Waals surface area (Å²) in [5, 5.41) is 13.8. The van der Waals surface area contributed by atoms with Crippen LogP contribution >= 0.6 is 22.9 Å². The molecule has 1 aromatic heterocycles. The van der Waals surface area contributed by atoms with Crippen molar-refractivity contribution < 1.29 is 4.79 Å². The van der Waals surface area contributed by atoms with Crippen molar-refractivity contribution in [3.8, 4) is 11.1 Å². The monoisotopic (exact) mass is 333 g/mol. The van der Waals surface area contributed by atoms with Crippen LogP contribution in [0.2, 0.25) is 5.02 Å². The van der Waals surface area contributed by atoms with Crippen LogP contribution in [0, 0.1) is 5.41 Å². The van der Waals surface area contributed by atoms with Crippen LogP contribution in [0.15, 0.2) is 35.7 Å². The second-order valence-corrected chi connectivity index (χ2v) is 6.99. The molecule has 0 saturated carbocycles. The average Bonchev–Trinajstić information content (AvgIpc) is 2.95. The molecule has 3 rings (SSSR count). The molecule has 0 bridgehead atoms. The van der Waals surface area contributed by atoms with E-state index in [4.69, 9.17) is 17.0 Å². The van der Waals surface area contributed by atoms with E-state index in [9.17, 15) is 4.79 Å². The number of benzene rings is 1. The van der Waals surface area contributed by atoms with Crippen molar-refractivity contribution in [2.45, 2.75) is 18.9 Å². The average molecular weight is 334 g/mol. The summed E-state index contributed by atoms with van der Waals surface area (Å²) in [7, 11) is 1.61. The molecule has 1 fully saturated rings. The van der Waals surface area contributed by atoms with Crippen molar-refractivity contribution in [3.05, 3.63) is 45.6 Å². The van der Waals surface area contributed by atoms with E-state index in [0.717, 1.165) is 16.0 Å². The van der Waals surface area contributed by atoms with Crippen LogP contribution in [-0.2, 0) is 10.3 Å². The summed E-state index contributed by atoms with van der Waals surface area (Å²) in [4.78, 5) is 14.4. The zero-order chi connectivity index (χ0) is 15.9. The van der Waals surface area contributed by atoms with Gasteiger partial charge >= 0.3 is 0 Å². The molecule has 1 amide bonds.